The summed E-state index contributed by atoms with van der Waals surface area (Å²) in [6, 6.07) is 11.9. The molecule has 3 N–H and O–H groups in total. The van der Waals surface area contributed by atoms with E-state index in [1.807, 2.05) is 12.1 Å². The predicted molar refractivity (Wildman–Crippen MR) is 81.6 cm³/mol. The van der Waals surface area contributed by atoms with Gasteiger partial charge < -0.3 is 4.74 Å². The summed E-state index contributed by atoms with van der Waals surface area (Å²) in [5.41, 5.74) is 4.88. The zero-order valence-corrected chi connectivity index (χ0v) is 13.0. The van der Waals surface area contributed by atoms with Crippen LogP contribution in [0.3, 0.4) is 0 Å². The molecule has 1 spiro atoms. The number of rotatable bonds is 1. The van der Waals surface area contributed by atoms with Gasteiger partial charge in [-0.2, -0.15) is 10.5 Å². The highest BCUT2D eigenvalue weighted by atomic mass is 35.5. The molecule has 1 aliphatic carbocycles. The van der Waals surface area contributed by atoms with Gasteiger partial charge in [-0.25, -0.2) is 4.99 Å². The lowest BCUT2D eigenvalue weighted by molar-refractivity contribution is -0.583. The van der Waals surface area contributed by atoms with Gasteiger partial charge in [-0.15, -0.1) is 0 Å². The molecule has 4 rings (SSSR count). The Morgan fingerprint density at radius 2 is 2.23 bits per heavy atom. The van der Waals surface area contributed by atoms with Gasteiger partial charge in [0, 0.05) is 16.7 Å². The van der Waals surface area contributed by atoms with E-state index in [-0.39, 0.29) is 5.92 Å². The number of fused-ring (bicyclic) bond motifs is 2. The molecule has 0 amide bonds. The monoisotopic (exact) mass is 331 g/mol. The Hall–Kier alpha value is -1.73. The summed E-state index contributed by atoms with van der Waals surface area (Å²) in [5.74, 6) is 0.726. The third-order valence-corrected chi connectivity index (χ3v) is 6.43. The molecule has 1 aromatic carbocycles. The van der Waals surface area contributed by atoms with Crippen molar-refractivity contribution >= 4 is 29.2 Å². The number of nitrogens with zero attached hydrogens (tertiary/aromatic N) is 2. The SMILES string of the molecule is N#C[C@@]12[C@H](c3cccc(Cl)c3)[C@]1(C#N)C(N)=[NH+][C@@]21OCCS1. The third-order valence-electron chi connectivity index (χ3n) is 4.88. The Balaban J connectivity index is 1.94. The maximum atomic E-state index is 9.97. The Morgan fingerprint density at radius 3 is 2.82 bits per heavy atom. The molecule has 0 aromatic heterocycles. The summed E-state index contributed by atoms with van der Waals surface area (Å²) < 4.78 is 5.87. The quantitative estimate of drug-likeness (QED) is 0.772. The van der Waals surface area contributed by atoms with E-state index in [2.05, 4.69) is 17.1 Å². The lowest BCUT2D eigenvalue weighted by Gasteiger charge is -2.23. The lowest BCUT2D eigenvalue weighted by Crippen LogP contribution is -2.88. The van der Waals surface area contributed by atoms with Gasteiger partial charge in [0.05, 0.1) is 18.7 Å². The predicted octanol–water partition coefficient (Wildman–Crippen LogP) is 0.326. The number of thioether (sulfide) groups is 1. The van der Waals surface area contributed by atoms with Gasteiger partial charge in [0.2, 0.25) is 0 Å². The summed E-state index contributed by atoms with van der Waals surface area (Å²) in [5, 5.41) is 19.4. The second kappa shape index (κ2) is 4.17. The molecule has 2 aliphatic heterocycles. The number of nitrogens with two attached hydrogens (primary N) is 1. The van der Waals surface area contributed by atoms with Crippen LogP contribution in [0.2, 0.25) is 5.02 Å². The van der Waals surface area contributed by atoms with E-state index in [4.69, 9.17) is 22.1 Å². The van der Waals surface area contributed by atoms with Gasteiger partial charge in [-0.05, 0) is 17.7 Å². The van der Waals surface area contributed by atoms with Crippen molar-refractivity contribution < 1.29 is 9.73 Å². The fraction of sp³-hybridized carbons (Fsp3) is 0.400. The van der Waals surface area contributed by atoms with Gasteiger partial charge in [0.1, 0.15) is 0 Å². The van der Waals surface area contributed by atoms with E-state index in [0.717, 1.165) is 11.3 Å². The van der Waals surface area contributed by atoms with E-state index < -0.39 is 15.9 Å². The highest BCUT2D eigenvalue weighted by molar-refractivity contribution is 8.00. The molecule has 0 unspecified atom stereocenters. The number of hydrogen-bond acceptors (Lipinski definition) is 5. The van der Waals surface area contributed by atoms with E-state index in [9.17, 15) is 10.5 Å². The molecule has 2 fully saturated rings. The third kappa shape index (κ3) is 1.24. The standard InChI is InChI=1S/C15H11ClN4OS/c16-10-3-1-2-9(6-10)11-13(7-17)12(19)20-15(14(11,13)8-18)21-4-5-22-15/h1-3,6,11H,4-5H2,(H2,19,20)/p+1/t11-,13-,14-,15-/m1/s1. The van der Waals surface area contributed by atoms with Gasteiger partial charge in [0.25, 0.3) is 10.9 Å². The summed E-state index contributed by atoms with van der Waals surface area (Å²) in [7, 11) is 0. The molecule has 4 atom stereocenters. The minimum Gasteiger partial charge on any atom is -0.327 e. The molecule has 7 heteroatoms. The van der Waals surface area contributed by atoms with Crippen molar-refractivity contribution in [2.45, 2.75) is 11.0 Å². The van der Waals surface area contributed by atoms with Gasteiger partial charge in [-0.3, -0.25) is 5.73 Å². The number of benzene rings is 1. The largest absolute Gasteiger partial charge is 0.327 e. The summed E-state index contributed by atoms with van der Waals surface area (Å²) >= 11 is 7.59. The number of ether oxygens (including phenoxy) is 1. The highest BCUT2D eigenvalue weighted by Gasteiger charge is 2.96. The Labute approximate surface area is 136 Å². The van der Waals surface area contributed by atoms with Crippen molar-refractivity contribution in [1.29, 1.82) is 10.5 Å². The average molecular weight is 332 g/mol. The summed E-state index contributed by atoms with van der Waals surface area (Å²) in [6.45, 7) is 0.526. The van der Waals surface area contributed by atoms with Crippen molar-refractivity contribution in [1.82, 2.24) is 0 Å². The minimum atomic E-state index is -1.08. The molecule has 1 saturated heterocycles. The number of hydrogen-bond donors (Lipinski definition) is 2. The Morgan fingerprint density at radius 1 is 1.41 bits per heavy atom. The Kier molecular flexibility index (Phi) is 2.64. The molecular formula is C15H12ClN4OS+. The van der Waals surface area contributed by atoms with Crippen LogP contribution in [-0.2, 0) is 4.74 Å². The maximum absolute atomic E-state index is 9.97. The first kappa shape index (κ1) is 13.9. The summed E-state index contributed by atoms with van der Waals surface area (Å²) in [4.78, 5) is 3.08. The van der Waals surface area contributed by atoms with Crippen molar-refractivity contribution in [2.24, 2.45) is 16.6 Å². The normalized spacial score (nSPS) is 41.6. The zero-order chi connectivity index (χ0) is 15.6. The number of nitrogens with one attached hydrogen (secondary N) is 1. The van der Waals surface area contributed by atoms with Crippen LogP contribution >= 0.6 is 23.4 Å². The molecular weight excluding hydrogens is 320 g/mol. The van der Waals surface area contributed by atoms with Crippen LogP contribution < -0.4 is 10.7 Å². The van der Waals surface area contributed by atoms with Crippen molar-refractivity contribution in [3.63, 3.8) is 0 Å². The second-order valence-corrected chi connectivity index (χ2v) is 7.39. The first-order chi connectivity index (χ1) is 10.6. The van der Waals surface area contributed by atoms with E-state index >= 15 is 0 Å². The topological polar surface area (TPSA) is 96.8 Å². The van der Waals surface area contributed by atoms with Gasteiger partial charge in [-0.1, -0.05) is 35.5 Å². The van der Waals surface area contributed by atoms with Crippen LogP contribution in [-0.4, -0.2) is 23.3 Å². The molecule has 3 aliphatic rings. The van der Waals surface area contributed by atoms with Crippen LogP contribution in [0.25, 0.3) is 0 Å². The molecule has 5 nitrogen and oxygen atoms in total. The molecule has 22 heavy (non-hydrogen) atoms. The lowest BCUT2D eigenvalue weighted by atomic mass is 9.95. The minimum absolute atomic E-state index is 0.316. The van der Waals surface area contributed by atoms with Crippen molar-refractivity contribution in [3.05, 3.63) is 34.9 Å². The number of amidine groups is 1. The molecule has 0 bridgehead atoms. The number of halogens is 1. The van der Waals surface area contributed by atoms with Gasteiger partial charge >= 0.3 is 0 Å². The highest BCUT2D eigenvalue weighted by Crippen LogP contribution is 2.80. The van der Waals surface area contributed by atoms with E-state index in [1.165, 1.54) is 11.8 Å². The fourth-order valence-corrected chi connectivity index (χ4v) is 5.56. The molecule has 0 radical (unpaired) electrons. The van der Waals surface area contributed by atoms with E-state index in [0.29, 0.717) is 17.5 Å². The van der Waals surface area contributed by atoms with Crippen LogP contribution in [0.4, 0.5) is 0 Å². The van der Waals surface area contributed by atoms with Gasteiger partial charge in [0.15, 0.2) is 10.8 Å². The summed E-state index contributed by atoms with van der Waals surface area (Å²) in [6.07, 6.45) is 0. The van der Waals surface area contributed by atoms with E-state index in [1.54, 1.807) is 12.1 Å². The fourth-order valence-electron chi connectivity index (χ4n) is 4.00. The maximum Gasteiger partial charge on any atom is 0.277 e. The van der Waals surface area contributed by atoms with Crippen LogP contribution in [0.15, 0.2) is 24.3 Å². The molecule has 110 valence electrons. The van der Waals surface area contributed by atoms with Crippen molar-refractivity contribution in [3.8, 4) is 12.1 Å². The van der Waals surface area contributed by atoms with Crippen molar-refractivity contribution in [2.75, 3.05) is 12.4 Å². The first-order valence-electron chi connectivity index (χ1n) is 6.85. The van der Waals surface area contributed by atoms with Crippen LogP contribution in [0, 0.1) is 33.5 Å². The first-order valence-corrected chi connectivity index (χ1v) is 8.21. The molecule has 1 aromatic rings. The van der Waals surface area contributed by atoms with Crippen LogP contribution in [0.5, 0.6) is 0 Å². The average Bonchev–Trinajstić information content (AvgIpc) is 2.77. The zero-order valence-electron chi connectivity index (χ0n) is 11.5. The second-order valence-electron chi connectivity index (χ2n) is 5.68. The molecule has 1 saturated carbocycles. The van der Waals surface area contributed by atoms with Crippen LogP contribution in [0.1, 0.15) is 11.5 Å². The Bertz CT molecular complexity index is 791. The number of nitriles is 2. The smallest absolute Gasteiger partial charge is 0.277 e. The molecule has 2 heterocycles.